The Morgan fingerprint density at radius 1 is 1.32 bits per heavy atom. The smallest absolute Gasteiger partial charge is 0.286 e. The molecule has 0 atom stereocenters. The molecule has 2 rings (SSSR count). The third-order valence-electron chi connectivity index (χ3n) is 2.51. The third kappa shape index (κ3) is 2.90. The van der Waals surface area contributed by atoms with Crippen LogP contribution in [0, 0.1) is 6.92 Å². The zero-order valence-electron chi connectivity index (χ0n) is 10.5. The van der Waals surface area contributed by atoms with Gasteiger partial charge in [-0.2, -0.15) is 0 Å². The number of rotatable bonds is 3. The predicted octanol–water partition coefficient (Wildman–Crippen LogP) is 2.32. The van der Waals surface area contributed by atoms with Crippen molar-refractivity contribution in [1.82, 2.24) is 9.97 Å². The topological polar surface area (TPSA) is 78.1 Å². The first-order valence-corrected chi connectivity index (χ1v) is 6.30. The number of benzene rings is 1. The number of carbonyl (C=O) groups is 1. The molecule has 0 radical (unpaired) electrons. The van der Waals surface area contributed by atoms with Gasteiger partial charge in [-0.15, -0.1) is 0 Å². The van der Waals surface area contributed by atoms with Gasteiger partial charge in [0.25, 0.3) is 5.91 Å². The van der Waals surface area contributed by atoms with Crippen molar-refractivity contribution in [1.29, 1.82) is 0 Å². The average Bonchev–Trinajstić information content (AvgIpc) is 2.37. The second kappa shape index (κ2) is 5.36. The number of aromatic nitrogens is 2. The fraction of sp³-hybridized carbons (Fsp3) is 0.154. The van der Waals surface area contributed by atoms with E-state index in [1.165, 1.54) is 0 Å². The first-order valence-electron chi connectivity index (χ1n) is 5.50. The third-order valence-corrected chi connectivity index (χ3v) is 3.01. The summed E-state index contributed by atoms with van der Waals surface area (Å²) in [6.45, 7) is 1.78. The van der Waals surface area contributed by atoms with E-state index in [4.69, 9.17) is 10.5 Å². The monoisotopic (exact) mass is 321 g/mol. The standard InChI is InChI=1S/C13H12BrN3O2/c1-7-5-10(17-13(16-7)12(15)18)9-6-8(14)3-4-11(9)19-2/h3-6H,1-2H3,(H2,15,18). The second-order valence-corrected chi connectivity index (χ2v) is 4.84. The minimum Gasteiger partial charge on any atom is -0.496 e. The summed E-state index contributed by atoms with van der Waals surface area (Å²) < 4.78 is 6.19. The summed E-state index contributed by atoms with van der Waals surface area (Å²) in [4.78, 5) is 19.4. The first-order chi connectivity index (χ1) is 9.01. The molecule has 1 aromatic heterocycles. The average molecular weight is 322 g/mol. The summed E-state index contributed by atoms with van der Waals surface area (Å²) in [5, 5.41) is 0. The molecule has 0 aliphatic heterocycles. The summed E-state index contributed by atoms with van der Waals surface area (Å²) in [6, 6.07) is 7.33. The number of nitrogens with two attached hydrogens (primary N) is 1. The highest BCUT2D eigenvalue weighted by molar-refractivity contribution is 9.10. The van der Waals surface area contributed by atoms with E-state index in [1.54, 1.807) is 20.1 Å². The Morgan fingerprint density at radius 3 is 2.68 bits per heavy atom. The molecular formula is C13H12BrN3O2. The molecule has 0 bridgehead atoms. The molecule has 5 nitrogen and oxygen atoms in total. The van der Waals surface area contributed by atoms with Crippen LogP contribution in [0.4, 0.5) is 0 Å². The Labute approximate surface area is 119 Å². The van der Waals surface area contributed by atoms with E-state index >= 15 is 0 Å². The van der Waals surface area contributed by atoms with Crippen molar-refractivity contribution in [2.75, 3.05) is 7.11 Å². The van der Waals surface area contributed by atoms with Crippen molar-refractivity contribution in [3.8, 4) is 17.0 Å². The molecule has 0 aliphatic rings. The van der Waals surface area contributed by atoms with Crippen molar-refractivity contribution in [3.05, 3.63) is 40.3 Å². The van der Waals surface area contributed by atoms with Gasteiger partial charge in [-0.25, -0.2) is 9.97 Å². The molecule has 0 spiro atoms. The molecule has 2 aromatic rings. The predicted molar refractivity (Wildman–Crippen MR) is 75.0 cm³/mol. The Balaban J connectivity index is 2.64. The van der Waals surface area contributed by atoms with E-state index in [2.05, 4.69) is 25.9 Å². The lowest BCUT2D eigenvalue weighted by Gasteiger charge is -2.09. The number of carbonyl (C=O) groups excluding carboxylic acids is 1. The number of hydrogen-bond acceptors (Lipinski definition) is 4. The second-order valence-electron chi connectivity index (χ2n) is 3.93. The van der Waals surface area contributed by atoms with E-state index in [0.29, 0.717) is 17.1 Å². The van der Waals surface area contributed by atoms with Crippen molar-refractivity contribution in [3.63, 3.8) is 0 Å². The highest BCUT2D eigenvalue weighted by Gasteiger charge is 2.12. The van der Waals surface area contributed by atoms with Gasteiger partial charge in [0.1, 0.15) is 5.75 Å². The van der Waals surface area contributed by atoms with E-state index in [-0.39, 0.29) is 5.82 Å². The van der Waals surface area contributed by atoms with Gasteiger partial charge in [-0.1, -0.05) is 15.9 Å². The van der Waals surface area contributed by atoms with Crippen LogP contribution in [-0.4, -0.2) is 23.0 Å². The largest absolute Gasteiger partial charge is 0.496 e. The van der Waals surface area contributed by atoms with E-state index in [9.17, 15) is 4.79 Å². The van der Waals surface area contributed by atoms with Crippen LogP contribution in [0.25, 0.3) is 11.3 Å². The first kappa shape index (κ1) is 13.5. The number of ether oxygens (including phenoxy) is 1. The Kier molecular flexibility index (Phi) is 3.80. The molecule has 0 aliphatic carbocycles. The van der Waals surface area contributed by atoms with E-state index in [1.807, 2.05) is 18.2 Å². The molecule has 19 heavy (non-hydrogen) atoms. The van der Waals surface area contributed by atoms with Gasteiger partial charge in [-0.05, 0) is 31.2 Å². The minimum absolute atomic E-state index is 0.00275. The Morgan fingerprint density at radius 2 is 2.05 bits per heavy atom. The maximum atomic E-state index is 11.2. The zero-order valence-corrected chi connectivity index (χ0v) is 12.1. The number of methoxy groups -OCH3 is 1. The summed E-state index contributed by atoms with van der Waals surface area (Å²) in [5.41, 5.74) is 7.26. The fourth-order valence-corrected chi connectivity index (χ4v) is 2.06. The highest BCUT2D eigenvalue weighted by atomic mass is 79.9. The number of aryl methyl sites for hydroxylation is 1. The zero-order chi connectivity index (χ0) is 14.0. The molecular weight excluding hydrogens is 310 g/mol. The van der Waals surface area contributed by atoms with Crippen LogP contribution >= 0.6 is 15.9 Å². The number of nitrogens with zero attached hydrogens (tertiary/aromatic N) is 2. The molecule has 1 heterocycles. The number of halogens is 1. The van der Waals surface area contributed by atoms with Crippen LogP contribution in [0.5, 0.6) is 5.75 Å². The lowest BCUT2D eigenvalue weighted by Crippen LogP contribution is -2.16. The van der Waals surface area contributed by atoms with Crippen LogP contribution in [0.3, 0.4) is 0 Å². The molecule has 1 amide bonds. The van der Waals surface area contributed by atoms with Crippen molar-refractivity contribution >= 4 is 21.8 Å². The number of amides is 1. The number of hydrogen-bond donors (Lipinski definition) is 1. The van der Waals surface area contributed by atoms with Gasteiger partial charge in [0.15, 0.2) is 0 Å². The minimum atomic E-state index is -0.654. The van der Waals surface area contributed by atoms with Gasteiger partial charge >= 0.3 is 0 Å². The van der Waals surface area contributed by atoms with Gasteiger partial charge in [0, 0.05) is 15.7 Å². The SMILES string of the molecule is COc1ccc(Br)cc1-c1cc(C)nc(C(N)=O)n1. The summed E-state index contributed by atoms with van der Waals surface area (Å²) in [5.74, 6) is 0.00710. The quantitative estimate of drug-likeness (QED) is 0.941. The van der Waals surface area contributed by atoms with E-state index in [0.717, 1.165) is 10.0 Å². The highest BCUT2D eigenvalue weighted by Crippen LogP contribution is 2.31. The Hall–Kier alpha value is -1.95. The molecule has 98 valence electrons. The van der Waals surface area contributed by atoms with Gasteiger partial charge < -0.3 is 10.5 Å². The van der Waals surface area contributed by atoms with Gasteiger partial charge in [-0.3, -0.25) is 4.79 Å². The molecule has 0 saturated heterocycles. The molecule has 6 heteroatoms. The lowest BCUT2D eigenvalue weighted by molar-refractivity contribution is 0.0990. The van der Waals surface area contributed by atoms with Crippen LogP contribution < -0.4 is 10.5 Å². The van der Waals surface area contributed by atoms with Gasteiger partial charge in [0.05, 0.1) is 12.8 Å². The van der Waals surface area contributed by atoms with Crippen molar-refractivity contribution in [2.45, 2.75) is 6.92 Å². The van der Waals surface area contributed by atoms with Crippen molar-refractivity contribution < 1.29 is 9.53 Å². The molecule has 2 N–H and O–H groups in total. The van der Waals surface area contributed by atoms with Crippen LogP contribution in [0.15, 0.2) is 28.7 Å². The maximum Gasteiger partial charge on any atom is 0.286 e. The van der Waals surface area contributed by atoms with Crippen LogP contribution in [0.1, 0.15) is 16.3 Å². The summed E-state index contributed by atoms with van der Waals surface area (Å²) >= 11 is 3.40. The number of primary amides is 1. The normalized spacial score (nSPS) is 10.3. The molecule has 1 aromatic carbocycles. The van der Waals surface area contributed by atoms with Crippen molar-refractivity contribution in [2.24, 2.45) is 5.73 Å². The molecule has 0 saturated carbocycles. The fourth-order valence-electron chi connectivity index (χ4n) is 1.70. The molecule has 0 unspecified atom stereocenters. The van der Waals surface area contributed by atoms with Crippen LogP contribution in [-0.2, 0) is 0 Å². The maximum absolute atomic E-state index is 11.2. The van der Waals surface area contributed by atoms with Gasteiger partial charge in [0.2, 0.25) is 5.82 Å². The Bertz CT molecular complexity index is 644. The molecule has 0 fully saturated rings. The summed E-state index contributed by atoms with van der Waals surface area (Å²) in [7, 11) is 1.58. The van der Waals surface area contributed by atoms with Crippen LogP contribution in [0.2, 0.25) is 0 Å². The summed E-state index contributed by atoms with van der Waals surface area (Å²) in [6.07, 6.45) is 0. The lowest BCUT2D eigenvalue weighted by atomic mass is 10.1. The van der Waals surface area contributed by atoms with E-state index < -0.39 is 5.91 Å².